The smallest absolute Gasteiger partial charge is 0.198 e. The molecule has 35 heavy (non-hydrogen) atoms. The summed E-state index contributed by atoms with van der Waals surface area (Å²) >= 11 is 0. The van der Waals surface area contributed by atoms with Gasteiger partial charge in [-0.1, -0.05) is 66.7 Å². The Hall–Kier alpha value is -3.70. The summed E-state index contributed by atoms with van der Waals surface area (Å²) in [4.78, 5) is 18.0. The van der Waals surface area contributed by atoms with E-state index in [4.69, 9.17) is 4.74 Å². The monoisotopic (exact) mass is 465 g/mol. The number of anilines is 1. The van der Waals surface area contributed by atoms with E-state index < -0.39 is 0 Å². The normalized spacial score (nSPS) is 13.5. The quantitative estimate of drug-likeness (QED) is 0.326. The second-order valence-electron chi connectivity index (χ2n) is 9.04. The standard InChI is InChI=1S/C30H31N3O2/c1-2-33-20-25(14-8-9-15-35-21-22-10-4-3-5-11-22)29(34)28-18-27(19-31-30(28)33)32-26-16-23-12-6-7-13-24(23)17-26/h3-8,10-14,18-20,26,32H,2,9,15-17,21H2,1H3/b14-8+. The number of nitrogens with zero attached hydrogens (tertiary/aromatic N) is 2. The van der Waals surface area contributed by atoms with Gasteiger partial charge in [-0.3, -0.25) is 4.79 Å². The Balaban J connectivity index is 1.28. The second kappa shape index (κ2) is 10.7. The molecule has 0 saturated heterocycles. The van der Waals surface area contributed by atoms with Gasteiger partial charge < -0.3 is 14.6 Å². The highest BCUT2D eigenvalue weighted by Crippen LogP contribution is 2.25. The molecule has 4 aromatic rings. The summed E-state index contributed by atoms with van der Waals surface area (Å²) in [6.07, 6.45) is 10.4. The van der Waals surface area contributed by atoms with Crippen molar-refractivity contribution in [1.29, 1.82) is 0 Å². The van der Waals surface area contributed by atoms with Crippen molar-refractivity contribution in [3.63, 3.8) is 0 Å². The van der Waals surface area contributed by atoms with E-state index in [1.807, 2.05) is 53.4 Å². The van der Waals surface area contributed by atoms with E-state index in [2.05, 4.69) is 53.6 Å². The van der Waals surface area contributed by atoms with Crippen LogP contribution < -0.4 is 10.7 Å². The highest BCUT2D eigenvalue weighted by atomic mass is 16.5. The summed E-state index contributed by atoms with van der Waals surface area (Å²) in [6.45, 7) is 4.02. The van der Waals surface area contributed by atoms with E-state index in [1.54, 1.807) is 0 Å². The van der Waals surface area contributed by atoms with Crippen molar-refractivity contribution < 1.29 is 4.74 Å². The third-order valence-electron chi connectivity index (χ3n) is 6.54. The molecule has 1 N–H and O–H groups in total. The number of aryl methyl sites for hydroxylation is 1. The van der Waals surface area contributed by atoms with Crippen molar-refractivity contribution in [1.82, 2.24) is 9.55 Å². The maximum atomic E-state index is 13.3. The average molecular weight is 466 g/mol. The molecule has 5 heteroatoms. The molecule has 0 saturated carbocycles. The Morgan fingerprint density at radius 3 is 2.57 bits per heavy atom. The largest absolute Gasteiger partial charge is 0.380 e. The van der Waals surface area contributed by atoms with E-state index in [0.29, 0.717) is 30.2 Å². The third-order valence-corrected chi connectivity index (χ3v) is 6.54. The molecule has 0 fully saturated rings. The van der Waals surface area contributed by atoms with Gasteiger partial charge in [0.2, 0.25) is 0 Å². The lowest BCUT2D eigenvalue weighted by atomic mass is 10.1. The van der Waals surface area contributed by atoms with Gasteiger partial charge in [-0.05, 0) is 48.9 Å². The van der Waals surface area contributed by atoms with E-state index in [9.17, 15) is 4.79 Å². The number of fused-ring (bicyclic) bond motifs is 2. The lowest BCUT2D eigenvalue weighted by molar-refractivity contribution is 0.125. The first-order valence-corrected chi connectivity index (χ1v) is 12.4. The fourth-order valence-electron chi connectivity index (χ4n) is 4.76. The van der Waals surface area contributed by atoms with Crippen LogP contribution >= 0.6 is 0 Å². The number of hydrogen-bond donors (Lipinski definition) is 1. The molecule has 1 aliphatic rings. The zero-order chi connectivity index (χ0) is 24.0. The zero-order valence-electron chi connectivity index (χ0n) is 20.1. The van der Waals surface area contributed by atoms with Crippen molar-refractivity contribution >= 4 is 22.8 Å². The van der Waals surface area contributed by atoms with E-state index in [0.717, 1.165) is 42.7 Å². The van der Waals surface area contributed by atoms with Crippen molar-refractivity contribution in [3.8, 4) is 0 Å². The average Bonchev–Trinajstić information content (AvgIpc) is 3.30. The summed E-state index contributed by atoms with van der Waals surface area (Å²) in [7, 11) is 0. The van der Waals surface area contributed by atoms with Gasteiger partial charge in [-0.25, -0.2) is 4.98 Å². The summed E-state index contributed by atoms with van der Waals surface area (Å²) in [5.74, 6) is 0. The van der Waals surface area contributed by atoms with Crippen LogP contribution in [0, 0.1) is 0 Å². The van der Waals surface area contributed by atoms with Crippen LogP contribution in [0.4, 0.5) is 5.69 Å². The molecule has 5 nitrogen and oxygen atoms in total. The summed E-state index contributed by atoms with van der Waals surface area (Å²) < 4.78 is 7.79. The molecule has 0 spiro atoms. The van der Waals surface area contributed by atoms with Gasteiger partial charge in [0.1, 0.15) is 5.65 Å². The maximum Gasteiger partial charge on any atom is 0.198 e. The number of benzene rings is 2. The predicted octanol–water partition coefficient (Wildman–Crippen LogP) is 5.62. The molecule has 2 heterocycles. The van der Waals surface area contributed by atoms with Crippen LogP contribution in [0.25, 0.3) is 17.1 Å². The van der Waals surface area contributed by atoms with Gasteiger partial charge >= 0.3 is 0 Å². The van der Waals surface area contributed by atoms with E-state index in [-0.39, 0.29) is 5.43 Å². The SMILES string of the molecule is CCn1cc(/C=C/CCOCc2ccccc2)c(=O)c2cc(NC3Cc4ccccc4C3)cnc21. The summed E-state index contributed by atoms with van der Waals surface area (Å²) in [5, 5.41) is 4.25. The van der Waals surface area contributed by atoms with Gasteiger partial charge in [0, 0.05) is 24.3 Å². The van der Waals surface area contributed by atoms with Crippen LogP contribution in [0.3, 0.4) is 0 Å². The number of hydrogen-bond acceptors (Lipinski definition) is 4. The number of aromatic nitrogens is 2. The molecule has 1 aliphatic carbocycles. The summed E-state index contributed by atoms with van der Waals surface area (Å²) in [6, 6.07) is 21.0. The molecular formula is C30H31N3O2. The van der Waals surface area contributed by atoms with Crippen molar-refractivity contribution in [3.05, 3.63) is 112 Å². The van der Waals surface area contributed by atoms with Crippen LogP contribution in [0.1, 0.15) is 35.6 Å². The zero-order valence-corrected chi connectivity index (χ0v) is 20.1. The third kappa shape index (κ3) is 5.36. The van der Waals surface area contributed by atoms with Gasteiger partial charge in [0.25, 0.3) is 0 Å². The minimum Gasteiger partial charge on any atom is -0.380 e. The predicted molar refractivity (Wildman–Crippen MR) is 143 cm³/mol. The topological polar surface area (TPSA) is 56.1 Å². The fourth-order valence-corrected chi connectivity index (χ4v) is 4.76. The lowest BCUT2D eigenvalue weighted by Gasteiger charge is -2.15. The van der Waals surface area contributed by atoms with Crippen molar-refractivity contribution in [2.75, 3.05) is 11.9 Å². The van der Waals surface area contributed by atoms with Crippen molar-refractivity contribution in [2.45, 2.75) is 45.4 Å². The maximum absolute atomic E-state index is 13.3. The molecule has 0 bridgehead atoms. The molecule has 5 rings (SSSR count). The number of pyridine rings is 2. The second-order valence-corrected chi connectivity index (χ2v) is 9.04. The molecule has 2 aromatic heterocycles. The number of ether oxygens (including phenoxy) is 1. The Bertz CT molecular complexity index is 1370. The van der Waals surface area contributed by atoms with Crippen LogP contribution in [-0.4, -0.2) is 22.2 Å². The minimum atomic E-state index is 0.0111. The highest BCUT2D eigenvalue weighted by molar-refractivity contribution is 5.81. The first kappa shape index (κ1) is 23.1. The van der Waals surface area contributed by atoms with Crippen LogP contribution in [0.2, 0.25) is 0 Å². The number of rotatable bonds is 9. The Kier molecular flexibility index (Phi) is 7.05. The van der Waals surface area contributed by atoms with Gasteiger partial charge in [0.05, 0.1) is 30.5 Å². The van der Waals surface area contributed by atoms with Gasteiger partial charge in [0.15, 0.2) is 5.43 Å². The first-order valence-electron chi connectivity index (χ1n) is 12.4. The molecule has 0 aliphatic heterocycles. The van der Waals surface area contributed by atoms with Crippen LogP contribution in [0.15, 0.2) is 83.9 Å². The highest BCUT2D eigenvalue weighted by Gasteiger charge is 2.21. The summed E-state index contributed by atoms with van der Waals surface area (Å²) in [5.41, 5.74) is 6.26. The van der Waals surface area contributed by atoms with Crippen LogP contribution in [0.5, 0.6) is 0 Å². The molecule has 178 valence electrons. The van der Waals surface area contributed by atoms with E-state index >= 15 is 0 Å². The molecule has 0 atom stereocenters. The molecular weight excluding hydrogens is 434 g/mol. The molecule has 0 unspecified atom stereocenters. The Morgan fingerprint density at radius 2 is 1.83 bits per heavy atom. The van der Waals surface area contributed by atoms with Gasteiger partial charge in [-0.2, -0.15) is 0 Å². The minimum absolute atomic E-state index is 0.0111. The van der Waals surface area contributed by atoms with Gasteiger partial charge in [-0.15, -0.1) is 0 Å². The Morgan fingerprint density at radius 1 is 1.09 bits per heavy atom. The molecule has 2 aromatic carbocycles. The Labute approximate surface area is 206 Å². The number of nitrogens with one attached hydrogen (secondary N) is 1. The van der Waals surface area contributed by atoms with E-state index in [1.165, 1.54) is 11.1 Å². The molecule has 0 amide bonds. The molecule has 0 radical (unpaired) electrons. The van der Waals surface area contributed by atoms with Crippen molar-refractivity contribution in [2.24, 2.45) is 0 Å². The van der Waals surface area contributed by atoms with Crippen LogP contribution in [-0.2, 0) is 30.7 Å². The fraction of sp³-hybridized carbons (Fsp3) is 0.267. The first-order chi connectivity index (χ1) is 17.2. The lowest BCUT2D eigenvalue weighted by Crippen LogP contribution is -2.20.